The number of benzene rings is 2. The predicted molar refractivity (Wildman–Crippen MR) is 145 cm³/mol. The molecule has 0 saturated carbocycles. The number of hydrogen-bond donors (Lipinski definition) is 1. The number of aliphatic carboxylic acids is 1. The first-order valence-corrected chi connectivity index (χ1v) is 12.0. The lowest BCUT2D eigenvalue weighted by molar-refractivity contribution is -0.131. The first kappa shape index (κ1) is 28.4. The number of rotatable bonds is 8. The Morgan fingerprint density at radius 2 is 1.77 bits per heavy atom. The molecule has 3 rings (SSSR count). The number of aromatic nitrogens is 1. The Bertz CT molecular complexity index is 1480. The number of carbonyl (C=O) groups excluding carboxylic acids is 1. The molecule has 2 aromatic carbocycles. The Kier molecular flexibility index (Phi) is 9.03. The van der Waals surface area contributed by atoms with E-state index in [-0.39, 0.29) is 13.2 Å². The number of hydrogen-bond acceptors (Lipinski definition) is 7. The van der Waals surface area contributed by atoms with Gasteiger partial charge in [0.2, 0.25) is 0 Å². The largest absolute Gasteiger partial charge is 0.486 e. The summed E-state index contributed by atoms with van der Waals surface area (Å²) in [5.74, 6) is -0.810. The van der Waals surface area contributed by atoms with E-state index < -0.39 is 17.7 Å². The Morgan fingerprint density at radius 1 is 1.08 bits per heavy atom. The quantitative estimate of drug-likeness (QED) is 0.368. The fourth-order valence-electron chi connectivity index (χ4n) is 3.64. The van der Waals surface area contributed by atoms with Crippen molar-refractivity contribution in [2.45, 2.75) is 46.4 Å². The van der Waals surface area contributed by atoms with Crippen LogP contribution in [0.15, 0.2) is 60.8 Å². The van der Waals surface area contributed by atoms with Gasteiger partial charge in [-0.3, -0.25) is 9.88 Å². The summed E-state index contributed by atoms with van der Waals surface area (Å²) >= 11 is 0. The molecule has 1 aromatic heterocycles. The molecule has 0 atom stereocenters. The second kappa shape index (κ2) is 12.4. The monoisotopic (exact) mass is 524 g/mol. The standard InChI is InChI=1S/C30H28N4O5/c1-20-28(38-19-23-7-5-6-22(14-23)16-32)26(12-13-27(35)36)24(17-33-20)18-34(29(37)39-30(2,3)4)25-10-8-21(15-31)9-11-25/h5-14,17H,18-19H2,1-4H3,(H,35,36)/b13-12+. The molecule has 0 spiro atoms. The van der Waals surface area contributed by atoms with Gasteiger partial charge in [0, 0.05) is 29.1 Å². The second-order valence-electron chi connectivity index (χ2n) is 9.61. The third kappa shape index (κ3) is 7.91. The Labute approximate surface area is 227 Å². The molecule has 0 radical (unpaired) electrons. The number of carboxylic acids is 1. The van der Waals surface area contributed by atoms with Crippen LogP contribution < -0.4 is 9.64 Å². The van der Waals surface area contributed by atoms with Gasteiger partial charge in [0.15, 0.2) is 0 Å². The van der Waals surface area contributed by atoms with Crippen LogP contribution in [0.3, 0.4) is 0 Å². The minimum absolute atomic E-state index is 0.0202. The van der Waals surface area contributed by atoms with Crippen molar-refractivity contribution in [2.75, 3.05) is 4.90 Å². The van der Waals surface area contributed by atoms with E-state index in [1.54, 1.807) is 76.4 Å². The molecule has 0 aliphatic rings. The van der Waals surface area contributed by atoms with E-state index in [2.05, 4.69) is 17.1 Å². The summed E-state index contributed by atoms with van der Waals surface area (Å²) in [6, 6.07) is 17.6. The summed E-state index contributed by atoms with van der Waals surface area (Å²) in [6.45, 7) is 7.08. The molecule has 0 aliphatic heterocycles. The first-order valence-electron chi connectivity index (χ1n) is 12.0. The van der Waals surface area contributed by atoms with E-state index >= 15 is 0 Å². The molecule has 0 aliphatic carbocycles. The molecule has 0 fully saturated rings. The number of nitriles is 2. The fraction of sp³-hybridized carbons (Fsp3) is 0.233. The second-order valence-corrected chi connectivity index (χ2v) is 9.61. The zero-order chi connectivity index (χ0) is 28.6. The summed E-state index contributed by atoms with van der Waals surface area (Å²) in [5, 5.41) is 27.7. The van der Waals surface area contributed by atoms with Crippen LogP contribution in [-0.2, 0) is 22.7 Å². The van der Waals surface area contributed by atoms with Crippen LogP contribution in [0.4, 0.5) is 10.5 Å². The number of carbonyl (C=O) groups is 2. The zero-order valence-corrected chi connectivity index (χ0v) is 22.1. The minimum atomic E-state index is -1.15. The van der Waals surface area contributed by atoms with Crippen LogP contribution in [0.5, 0.6) is 5.75 Å². The lowest BCUT2D eigenvalue weighted by Gasteiger charge is -2.28. The Morgan fingerprint density at radius 3 is 2.38 bits per heavy atom. The molecule has 1 amide bonds. The summed E-state index contributed by atoms with van der Waals surface area (Å²) in [4.78, 5) is 30.5. The maximum atomic E-state index is 13.3. The number of ether oxygens (including phenoxy) is 2. The van der Waals surface area contributed by atoms with Gasteiger partial charge in [-0.05, 0) is 75.7 Å². The zero-order valence-electron chi connectivity index (χ0n) is 22.1. The maximum Gasteiger partial charge on any atom is 0.415 e. The van der Waals surface area contributed by atoms with Crippen LogP contribution in [0.1, 0.15) is 54.3 Å². The number of anilines is 1. The van der Waals surface area contributed by atoms with E-state index in [1.807, 2.05) is 6.07 Å². The average Bonchev–Trinajstić information content (AvgIpc) is 2.89. The van der Waals surface area contributed by atoms with Gasteiger partial charge in [-0.1, -0.05) is 12.1 Å². The van der Waals surface area contributed by atoms with Gasteiger partial charge < -0.3 is 14.6 Å². The Hall–Kier alpha value is -5.15. The molecular formula is C30H28N4O5. The number of carboxylic acid groups (broad SMARTS) is 1. The van der Waals surface area contributed by atoms with Crippen LogP contribution in [0.25, 0.3) is 6.08 Å². The van der Waals surface area contributed by atoms with Crippen molar-refractivity contribution in [3.63, 3.8) is 0 Å². The summed E-state index contributed by atoms with van der Waals surface area (Å²) in [5.41, 5.74) is 2.83. The first-order chi connectivity index (χ1) is 18.5. The van der Waals surface area contributed by atoms with Gasteiger partial charge >= 0.3 is 12.1 Å². The average molecular weight is 525 g/mol. The molecule has 0 bridgehead atoms. The van der Waals surface area contributed by atoms with Crippen molar-refractivity contribution in [3.8, 4) is 17.9 Å². The minimum Gasteiger partial charge on any atom is -0.486 e. The van der Waals surface area contributed by atoms with Crippen LogP contribution in [-0.4, -0.2) is 27.8 Å². The van der Waals surface area contributed by atoms with E-state index in [0.717, 1.165) is 11.6 Å². The van der Waals surface area contributed by atoms with Crippen LogP contribution >= 0.6 is 0 Å². The molecule has 1 N–H and O–H groups in total. The van der Waals surface area contributed by atoms with Crippen LogP contribution in [0, 0.1) is 29.6 Å². The van der Waals surface area contributed by atoms with E-state index in [4.69, 9.17) is 9.47 Å². The molecule has 9 nitrogen and oxygen atoms in total. The predicted octanol–water partition coefficient (Wildman–Crippen LogP) is 5.75. The summed E-state index contributed by atoms with van der Waals surface area (Å²) in [6.07, 6.45) is 3.32. The lowest BCUT2D eigenvalue weighted by Crippen LogP contribution is -2.36. The van der Waals surface area contributed by atoms with Gasteiger partial charge in [0.25, 0.3) is 0 Å². The van der Waals surface area contributed by atoms with E-state index in [0.29, 0.717) is 39.4 Å². The fourth-order valence-corrected chi connectivity index (χ4v) is 3.64. The molecule has 198 valence electrons. The molecule has 0 saturated heterocycles. The third-order valence-electron chi connectivity index (χ3n) is 5.42. The van der Waals surface area contributed by atoms with Crippen molar-refractivity contribution >= 4 is 23.8 Å². The van der Waals surface area contributed by atoms with Gasteiger partial charge in [0.1, 0.15) is 18.0 Å². The van der Waals surface area contributed by atoms with Gasteiger partial charge in [0.05, 0.1) is 35.5 Å². The van der Waals surface area contributed by atoms with E-state index in [1.165, 1.54) is 11.0 Å². The van der Waals surface area contributed by atoms with Gasteiger partial charge in [-0.2, -0.15) is 10.5 Å². The number of pyridine rings is 1. The highest BCUT2D eigenvalue weighted by Crippen LogP contribution is 2.31. The number of aryl methyl sites for hydroxylation is 1. The van der Waals surface area contributed by atoms with Crippen molar-refractivity contribution in [2.24, 2.45) is 0 Å². The van der Waals surface area contributed by atoms with Gasteiger partial charge in [-0.15, -0.1) is 0 Å². The summed E-state index contributed by atoms with van der Waals surface area (Å²) in [7, 11) is 0. The van der Waals surface area contributed by atoms with Crippen molar-refractivity contribution in [3.05, 3.63) is 94.3 Å². The normalized spacial score (nSPS) is 10.9. The maximum absolute atomic E-state index is 13.3. The van der Waals surface area contributed by atoms with E-state index in [9.17, 15) is 25.2 Å². The SMILES string of the molecule is Cc1ncc(CN(C(=O)OC(C)(C)C)c2ccc(C#N)cc2)c(/C=C/C(=O)O)c1OCc1cccc(C#N)c1. The molecule has 9 heteroatoms. The molecule has 3 aromatic rings. The lowest BCUT2D eigenvalue weighted by atomic mass is 10.1. The van der Waals surface area contributed by atoms with Crippen molar-refractivity contribution < 1.29 is 24.2 Å². The highest BCUT2D eigenvalue weighted by atomic mass is 16.6. The topological polar surface area (TPSA) is 137 Å². The highest BCUT2D eigenvalue weighted by Gasteiger charge is 2.25. The number of amides is 1. The third-order valence-corrected chi connectivity index (χ3v) is 5.42. The molecule has 1 heterocycles. The number of nitrogens with zero attached hydrogens (tertiary/aromatic N) is 4. The molecule has 0 unspecified atom stereocenters. The van der Waals surface area contributed by atoms with Crippen molar-refractivity contribution in [1.82, 2.24) is 4.98 Å². The molecule has 39 heavy (non-hydrogen) atoms. The van der Waals surface area contributed by atoms with Crippen molar-refractivity contribution in [1.29, 1.82) is 10.5 Å². The summed E-state index contributed by atoms with van der Waals surface area (Å²) < 4.78 is 11.7. The Balaban J connectivity index is 2.06. The van der Waals surface area contributed by atoms with Crippen LogP contribution in [0.2, 0.25) is 0 Å². The molecular weight excluding hydrogens is 496 g/mol. The highest BCUT2D eigenvalue weighted by molar-refractivity contribution is 5.89. The smallest absolute Gasteiger partial charge is 0.415 e. The van der Waals surface area contributed by atoms with Gasteiger partial charge in [-0.25, -0.2) is 9.59 Å².